The standard InChI is InChI=1S/C11H18/c1-3-11-8-4-6-10(2)7-5-9-11/h4,7-8,11H,3,5-6,9H2,1-2H3/b8-4-,10-7-. The Bertz CT molecular complexity index is 163. The molecule has 0 heterocycles. The van der Waals surface area contributed by atoms with Crippen LogP contribution in [0.5, 0.6) is 0 Å². The van der Waals surface area contributed by atoms with Crippen LogP contribution in [0.1, 0.15) is 39.5 Å². The Hall–Kier alpha value is -0.520. The zero-order valence-electron chi connectivity index (χ0n) is 7.64. The van der Waals surface area contributed by atoms with Gasteiger partial charge in [0.05, 0.1) is 0 Å². The molecule has 0 aromatic carbocycles. The first kappa shape index (κ1) is 8.58. The van der Waals surface area contributed by atoms with E-state index in [-0.39, 0.29) is 0 Å². The van der Waals surface area contributed by atoms with Gasteiger partial charge < -0.3 is 0 Å². The van der Waals surface area contributed by atoms with E-state index in [9.17, 15) is 0 Å². The predicted molar refractivity (Wildman–Crippen MR) is 50.5 cm³/mol. The summed E-state index contributed by atoms with van der Waals surface area (Å²) in [5, 5.41) is 0. The highest BCUT2D eigenvalue weighted by atomic mass is 14.1. The molecule has 0 saturated heterocycles. The fraction of sp³-hybridized carbons (Fsp3) is 0.636. The van der Waals surface area contributed by atoms with Gasteiger partial charge in [-0.1, -0.05) is 30.7 Å². The van der Waals surface area contributed by atoms with Crippen LogP contribution in [-0.2, 0) is 0 Å². The molecule has 1 unspecified atom stereocenters. The zero-order chi connectivity index (χ0) is 8.10. The summed E-state index contributed by atoms with van der Waals surface area (Å²) in [6.07, 6.45) is 12.2. The topological polar surface area (TPSA) is 0 Å². The van der Waals surface area contributed by atoms with Gasteiger partial charge in [-0.2, -0.15) is 0 Å². The predicted octanol–water partition coefficient (Wildman–Crippen LogP) is 3.70. The fourth-order valence-corrected chi connectivity index (χ4v) is 1.51. The highest BCUT2D eigenvalue weighted by Crippen LogP contribution is 2.18. The van der Waals surface area contributed by atoms with E-state index < -0.39 is 0 Å². The Morgan fingerprint density at radius 1 is 1.55 bits per heavy atom. The SMILES string of the molecule is CCC1/C=C\C/C(C)=C\CC1. The summed E-state index contributed by atoms with van der Waals surface area (Å²) < 4.78 is 0. The zero-order valence-corrected chi connectivity index (χ0v) is 7.64. The largest absolute Gasteiger partial charge is 0.0853 e. The monoisotopic (exact) mass is 150 g/mol. The van der Waals surface area contributed by atoms with Gasteiger partial charge in [0.1, 0.15) is 0 Å². The molecule has 0 aromatic rings. The summed E-state index contributed by atoms with van der Waals surface area (Å²) >= 11 is 0. The lowest BCUT2D eigenvalue weighted by atomic mass is 9.96. The van der Waals surface area contributed by atoms with Crippen LogP contribution in [0.4, 0.5) is 0 Å². The van der Waals surface area contributed by atoms with Crippen LogP contribution < -0.4 is 0 Å². The number of hydrogen-bond acceptors (Lipinski definition) is 0. The minimum atomic E-state index is 0.833. The van der Waals surface area contributed by atoms with Crippen molar-refractivity contribution in [2.24, 2.45) is 5.92 Å². The van der Waals surface area contributed by atoms with Gasteiger partial charge in [-0.25, -0.2) is 0 Å². The van der Waals surface area contributed by atoms with Crippen LogP contribution in [0.3, 0.4) is 0 Å². The minimum Gasteiger partial charge on any atom is -0.0853 e. The van der Waals surface area contributed by atoms with Crippen molar-refractivity contribution in [3.63, 3.8) is 0 Å². The fourth-order valence-electron chi connectivity index (χ4n) is 1.51. The molecule has 0 heteroatoms. The average Bonchev–Trinajstić information content (AvgIpc) is 1.96. The summed E-state index contributed by atoms with van der Waals surface area (Å²) in [7, 11) is 0. The highest BCUT2D eigenvalue weighted by Gasteiger charge is 2.02. The Morgan fingerprint density at radius 3 is 3.09 bits per heavy atom. The molecule has 0 nitrogen and oxygen atoms in total. The Balaban J connectivity index is 2.48. The molecule has 1 rings (SSSR count). The lowest BCUT2D eigenvalue weighted by Crippen LogP contribution is -1.95. The third-order valence-corrected chi connectivity index (χ3v) is 2.40. The van der Waals surface area contributed by atoms with Crippen LogP contribution in [-0.4, -0.2) is 0 Å². The van der Waals surface area contributed by atoms with Gasteiger partial charge in [-0.05, 0) is 38.5 Å². The normalized spacial score (nSPS) is 33.3. The summed E-state index contributed by atoms with van der Waals surface area (Å²) in [4.78, 5) is 0. The second kappa shape index (κ2) is 4.38. The van der Waals surface area contributed by atoms with Crippen molar-refractivity contribution in [3.05, 3.63) is 23.8 Å². The molecular weight excluding hydrogens is 132 g/mol. The van der Waals surface area contributed by atoms with Gasteiger partial charge >= 0.3 is 0 Å². The lowest BCUT2D eigenvalue weighted by Gasteiger charge is -2.10. The van der Waals surface area contributed by atoms with E-state index in [1.165, 1.54) is 24.8 Å². The van der Waals surface area contributed by atoms with E-state index in [1.807, 2.05) is 0 Å². The molecular formula is C11H18. The van der Waals surface area contributed by atoms with Gasteiger partial charge in [-0.3, -0.25) is 0 Å². The van der Waals surface area contributed by atoms with Crippen molar-refractivity contribution in [2.45, 2.75) is 39.5 Å². The van der Waals surface area contributed by atoms with E-state index in [1.54, 1.807) is 0 Å². The molecule has 0 spiro atoms. The van der Waals surface area contributed by atoms with Gasteiger partial charge in [0, 0.05) is 0 Å². The molecule has 0 amide bonds. The first-order valence-electron chi connectivity index (χ1n) is 4.65. The van der Waals surface area contributed by atoms with Crippen LogP contribution in [0.2, 0.25) is 0 Å². The second-order valence-electron chi connectivity index (χ2n) is 3.43. The minimum absolute atomic E-state index is 0.833. The van der Waals surface area contributed by atoms with Gasteiger partial charge in [0.25, 0.3) is 0 Å². The molecule has 0 bridgehead atoms. The third-order valence-electron chi connectivity index (χ3n) is 2.40. The molecule has 0 radical (unpaired) electrons. The first-order chi connectivity index (χ1) is 5.33. The molecule has 1 atom stereocenters. The Labute approximate surface area is 70.0 Å². The molecule has 0 saturated carbocycles. The molecule has 0 aromatic heterocycles. The van der Waals surface area contributed by atoms with Crippen molar-refractivity contribution in [1.82, 2.24) is 0 Å². The maximum absolute atomic E-state index is 2.39. The Kier molecular flexibility index (Phi) is 3.41. The summed E-state index contributed by atoms with van der Waals surface area (Å²) in [5.74, 6) is 0.833. The van der Waals surface area contributed by atoms with Gasteiger partial charge in [0.2, 0.25) is 0 Å². The summed E-state index contributed by atoms with van der Waals surface area (Å²) in [6, 6.07) is 0. The van der Waals surface area contributed by atoms with Crippen LogP contribution >= 0.6 is 0 Å². The Morgan fingerprint density at radius 2 is 2.36 bits per heavy atom. The molecule has 0 N–H and O–H groups in total. The molecule has 0 aliphatic heterocycles. The van der Waals surface area contributed by atoms with Crippen molar-refractivity contribution < 1.29 is 0 Å². The lowest BCUT2D eigenvalue weighted by molar-refractivity contribution is 0.573. The van der Waals surface area contributed by atoms with Crippen molar-refractivity contribution in [2.75, 3.05) is 0 Å². The van der Waals surface area contributed by atoms with Crippen molar-refractivity contribution in [1.29, 1.82) is 0 Å². The maximum Gasteiger partial charge on any atom is -0.0141 e. The van der Waals surface area contributed by atoms with E-state index in [4.69, 9.17) is 0 Å². The van der Waals surface area contributed by atoms with E-state index in [0.29, 0.717) is 0 Å². The summed E-state index contributed by atoms with van der Waals surface area (Å²) in [5.41, 5.74) is 1.52. The van der Waals surface area contributed by atoms with Crippen LogP contribution in [0.15, 0.2) is 23.8 Å². The van der Waals surface area contributed by atoms with Crippen LogP contribution in [0.25, 0.3) is 0 Å². The quantitative estimate of drug-likeness (QED) is 0.500. The molecule has 62 valence electrons. The first-order valence-corrected chi connectivity index (χ1v) is 4.65. The number of rotatable bonds is 1. The number of allylic oxidation sites excluding steroid dienone is 4. The summed E-state index contributed by atoms with van der Waals surface area (Å²) in [6.45, 7) is 4.49. The van der Waals surface area contributed by atoms with Crippen LogP contribution in [0, 0.1) is 5.92 Å². The van der Waals surface area contributed by atoms with E-state index in [0.717, 1.165) is 12.3 Å². The molecule has 1 aliphatic rings. The molecule has 11 heavy (non-hydrogen) atoms. The van der Waals surface area contributed by atoms with E-state index >= 15 is 0 Å². The molecule has 0 fully saturated rings. The second-order valence-corrected chi connectivity index (χ2v) is 3.43. The highest BCUT2D eigenvalue weighted by molar-refractivity contribution is 5.07. The third kappa shape index (κ3) is 2.92. The van der Waals surface area contributed by atoms with Gasteiger partial charge in [0.15, 0.2) is 0 Å². The molecule has 1 aliphatic carbocycles. The van der Waals surface area contributed by atoms with Gasteiger partial charge in [-0.15, -0.1) is 0 Å². The average molecular weight is 150 g/mol. The smallest absolute Gasteiger partial charge is 0.0141 e. The van der Waals surface area contributed by atoms with Crippen molar-refractivity contribution >= 4 is 0 Å². The van der Waals surface area contributed by atoms with Crippen molar-refractivity contribution in [3.8, 4) is 0 Å². The maximum atomic E-state index is 2.39. The number of hydrogen-bond donors (Lipinski definition) is 0. The van der Waals surface area contributed by atoms with E-state index in [2.05, 4.69) is 32.1 Å².